The van der Waals surface area contributed by atoms with Crippen molar-refractivity contribution in [1.29, 1.82) is 0 Å². The zero-order chi connectivity index (χ0) is 16.2. The van der Waals surface area contributed by atoms with E-state index in [1.165, 1.54) is 41.9 Å². The quantitative estimate of drug-likeness (QED) is 0.771. The maximum atomic E-state index is 4.42. The molecule has 2 aromatic heterocycles. The Kier molecular flexibility index (Phi) is 4.55. The SMILES string of the molecule is c1nscc1CNc1ccc(Cc2nnc3n2CCCCC3)cc1. The number of nitrogens with one attached hydrogen (secondary N) is 1. The van der Waals surface area contributed by atoms with Crippen LogP contribution in [-0.2, 0) is 25.9 Å². The second kappa shape index (κ2) is 7.13. The summed E-state index contributed by atoms with van der Waals surface area (Å²) in [7, 11) is 0. The maximum absolute atomic E-state index is 4.42. The van der Waals surface area contributed by atoms with Crippen molar-refractivity contribution in [2.75, 3.05) is 5.32 Å². The second-order valence-corrected chi connectivity index (χ2v) is 6.91. The average molecular weight is 339 g/mol. The van der Waals surface area contributed by atoms with Crippen LogP contribution in [0.15, 0.2) is 35.8 Å². The molecule has 1 aromatic carbocycles. The van der Waals surface area contributed by atoms with Crippen molar-refractivity contribution in [3.8, 4) is 0 Å². The van der Waals surface area contributed by atoms with Gasteiger partial charge in [-0.05, 0) is 42.1 Å². The fourth-order valence-corrected chi connectivity index (χ4v) is 3.65. The van der Waals surface area contributed by atoms with E-state index >= 15 is 0 Å². The first kappa shape index (κ1) is 15.3. The highest BCUT2D eigenvalue weighted by Gasteiger charge is 2.14. The van der Waals surface area contributed by atoms with Gasteiger partial charge in [-0.25, -0.2) is 4.37 Å². The van der Waals surface area contributed by atoms with E-state index in [4.69, 9.17) is 0 Å². The lowest BCUT2D eigenvalue weighted by molar-refractivity contribution is 0.611. The van der Waals surface area contributed by atoms with Crippen molar-refractivity contribution < 1.29 is 0 Å². The summed E-state index contributed by atoms with van der Waals surface area (Å²) in [5.74, 6) is 2.25. The molecule has 5 nitrogen and oxygen atoms in total. The standard InChI is InChI=1S/C18H21N5S/c1-2-4-17-21-22-18(23(17)9-3-1)10-14-5-7-16(8-6-14)19-11-15-12-20-24-13-15/h5-8,12-13,19H,1-4,9-11H2. The van der Waals surface area contributed by atoms with Crippen LogP contribution in [0, 0.1) is 0 Å². The van der Waals surface area contributed by atoms with Gasteiger partial charge in [-0.2, -0.15) is 0 Å². The number of aromatic nitrogens is 4. The molecule has 0 atom stereocenters. The zero-order valence-corrected chi connectivity index (χ0v) is 14.4. The Hall–Kier alpha value is -2.21. The Bertz CT molecular complexity index is 776. The Balaban J connectivity index is 1.41. The molecule has 0 saturated heterocycles. The predicted octanol–water partition coefficient (Wildman–Crippen LogP) is 3.66. The van der Waals surface area contributed by atoms with Crippen LogP contribution >= 0.6 is 11.5 Å². The van der Waals surface area contributed by atoms with Crippen molar-refractivity contribution in [2.45, 2.75) is 45.2 Å². The number of hydrogen-bond acceptors (Lipinski definition) is 5. The minimum atomic E-state index is 0.813. The number of benzene rings is 1. The lowest BCUT2D eigenvalue weighted by atomic mass is 10.1. The predicted molar refractivity (Wildman–Crippen MR) is 96.3 cm³/mol. The molecule has 0 fully saturated rings. The van der Waals surface area contributed by atoms with Gasteiger partial charge in [-0.1, -0.05) is 18.6 Å². The zero-order valence-electron chi connectivity index (χ0n) is 13.6. The third-order valence-corrected chi connectivity index (χ3v) is 5.12. The molecule has 4 rings (SSSR count). The van der Waals surface area contributed by atoms with E-state index in [2.05, 4.69) is 54.1 Å². The number of nitrogens with zero attached hydrogens (tertiary/aromatic N) is 4. The van der Waals surface area contributed by atoms with Crippen LogP contribution in [0.3, 0.4) is 0 Å². The molecule has 6 heteroatoms. The van der Waals surface area contributed by atoms with Gasteiger partial charge in [0, 0.05) is 48.8 Å². The molecule has 0 spiro atoms. The van der Waals surface area contributed by atoms with Gasteiger partial charge in [-0.15, -0.1) is 10.2 Å². The van der Waals surface area contributed by atoms with Crippen LogP contribution < -0.4 is 5.32 Å². The highest BCUT2D eigenvalue weighted by molar-refractivity contribution is 7.03. The summed E-state index contributed by atoms with van der Waals surface area (Å²) >= 11 is 1.49. The van der Waals surface area contributed by atoms with Gasteiger partial charge in [0.15, 0.2) is 0 Å². The molecule has 0 aliphatic carbocycles. The molecule has 1 aliphatic rings. The summed E-state index contributed by atoms with van der Waals surface area (Å²) in [6.07, 6.45) is 7.58. The number of anilines is 1. The molecule has 0 amide bonds. The molecule has 1 aliphatic heterocycles. The van der Waals surface area contributed by atoms with Crippen molar-refractivity contribution in [3.63, 3.8) is 0 Å². The second-order valence-electron chi connectivity index (χ2n) is 6.25. The lowest BCUT2D eigenvalue weighted by Gasteiger charge is -2.08. The van der Waals surface area contributed by atoms with E-state index in [-0.39, 0.29) is 0 Å². The first-order chi connectivity index (χ1) is 11.9. The lowest BCUT2D eigenvalue weighted by Crippen LogP contribution is -2.06. The molecule has 0 saturated carbocycles. The summed E-state index contributed by atoms with van der Waals surface area (Å²) in [4.78, 5) is 0. The fraction of sp³-hybridized carbons (Fsp3) is 0.389. The van der Waals surface area contributed by atoms with Crippen LogP contribution in [0.2, 0.25) is 0 Å². The third kappa shape index (κ3) is 3.48. The van der Waals surface area contributed by atoms with Gasteiger partial charge >= 0.3 is 0 Å². The molecule has 3 heterocycles. The summed E-state index contributed by atoms with van der Waals surface area (Å²) in [5.41, 5.74) is 3.62. The number of hydrogen-bond donors (Lipinski definition) is 1. The molecule has 0 radical (unpaired) electrons. The van der Waals surface area contributed by atoms with Crippen molar-refractivity contribution in [2.24, 2.45) is 0 Å². The molecular weight excluding hydrogens is 318 g/mol. The van der Waals surface area contributed by atoms with Crippen LogP contribution in [0.5, 0.6) is 0 Å². The van der Waals surface area contributed by atoms with Gasteiger partial charge in [0.1, 0.15) is 11.6 Å². The maximum Gasteiger partial charge on any atom is 0.137 e. The third-order valence-electron chi connectivity index (χ3n) is 4.48. The van der Waals surface area contributed by atoms with Gasteiger partial charge in [0.25, 0.3) is 0 Å². The Morgan fingerprint density at radius 3 is 2.79 bits per heavy atom. The van der Waals surface area contributed by atoms with E-state index in [9.17, 15) is 0 Å². The monoisotopic (exact) mass is 339 g/mol. The van der Waals surface area contributed by atoms with Crippen LogP contribution in [-0.4, -0.2) is 19.1 Å². The van der Waals surface area contributed by atoms with Crippen LogP contribution in [0.25, 0.3) is 0 Å². The number of fused-ring (bicyclic) bond motifs is 1. The largest absolute Gasteiger partial charge is 0.381 e. The Morgan fingerprint density at radius 2 is 1.96 bits per heavy atom. The molecule has 24 heavy (non-hydrogen) atoms. The molecule has 1 N–H and O–H groups in total. The fourth-order valence-electron chi connectivity index (χ4n) is 3.12. The van der Waals surface area contributed by atoms with Crippen LogP contribution in [0.1, 0.15) is 42.0 Å². The van der Waals surface area contributed by atoms with Gasteiger partial charge in [-0.3, -0.25) is 0 Å². The Labute approximate surface area is 145 Å². The molecule has 0 unspecified atom stereocenters. The Morgan fingerprint density at radius 1 is 1.04 bits per heavy atom. The minimum absolute atomic E-state index is 0.813. The first-order valence-electron chi connectivity index (χ1n) is 8.50. The van der Waals surface area contributed by atoms with E-state index in [0.29, 0.717) is 0 Å². The van der Waals surface area contributed by atoms with Crippen molar-refractivity contribution in [1.82, 2.24) is 19.1 Å². The summed E-state index contributed by atoms with van der Waals surface area (Å²) in [6.45, 7) is 1.87. The van der Waals surface area contributed by atoms with Gasteiger partial charge in [0.05, 0.1) is 0 Å². The number of aryl methyl sites for hydroxylation is 1. The normalized spacial score (nSPS) is 14.2. The molecule has 124 valence electrons. The molecule has 3 aromatic rings. The van der Waals surface area contributed by atoms with E-state index in [1.54, 1.807) is 0 Å². The van der Waals surface area contributed by atoms with Crippen molar-refractivity contribution >= 4 is 17.2 Å². The van der Waals surface area contributed by atoms with Crippen LogP contribution in [0.4, 0.5) is 5.69 Å². The summed E-state index contributed by atoms with van der Waals surface area (Å²) < 4.78 is 6.44. The first-order valence-corrected chi connectivity index (χ1v) is 9.34. The van der Waals surface area contributed by atoms with E-state index in [0.717, 1.165) is 43.3 Å². The highest BCUT2D eigenvalue weighted by Crippen LogP contribution is 2.18. The van der Waals surface area contributed by atoms with E-state index < -0.39 is 0 Å². The summed E-state index contributed by atoms with van der Waals surface area (Å²) in [6, 6.07) is 8.61. The van der Waals surface area contributed by atoms with Gasteiger partial charge < -0.3 is 9.88 Å². The average Bonchev–Trinajstić information content (AvgIpc) is 3.19. The summed E-state index contributed by atoms with van der Waals surface area (Å²) in [5, 5.41) is 14.3. The topological polar surface area (TPSA) is 55.6 Å². The van der Waals surface area contributed by atoms with Gasteiger partial charge in [0.2, 0.25) is 0 Å². The minimum Gasteiger partial charge on any atom is -0.381 e. The van der Waals surface area contributed by atoms with Crippen molar-refractivity contribution in [3.05, 3.63) is 58.6 Å². The highest BCUT2D eigenvalue weighted by atomic mass is 32.1. The number of rotatable bonds is 5. The molecule has 0 bridgehead atoms. The smallest absolute Gasteiger partial charge is 0.137 e. The molecular formula is C18H21N5S. The van der Waals surface area contributed by atoms with E-state index in [1.807, 2.05) is 6.20 Å².